The lowest BCUT2D eigenvalue weighted by atomic mass is 10.2. The quantitative estimate of drug-likeness (QED) is 0.644. The zero-order valence-electron chi connectivity index (χ0n) is 15.3. The third-order valence-corrected chi connectivity index (χ3v) is 4.02. The van der Waals surface area contributed by atoms with Gasteiger partial charge in [0.2, 0.25) is 0 Å². The van der Waals surface area contributed by atoms with Crippen LogP contribution in [0.25, 0.3) is 5.82 Å². The molecule has 0 fully saturated rings. The highest BCUT2D eigenvalue weighted by molar-refractivity contribution is 5.96. The molecule has 0 bridgehead atoms. The molecule has 3 heterocycles. The maximum atomic E-state index is 12.3. The average molecular weight is 354 g/mol. The fourth-order valence-electron chi connectivity index (χ4n) is 2.72. The van der Waals surface area contributed by atoms with Crippen molar-refractivity contribution in [3.8, 4) is 5.82 Å². The molecule has 9 heteroatoms. The van der Waals surface area contributed by atoms with E-state index in [2.05, 4.69) is 30.8 Å². The van der Waals surface area contributed by atoms with Gasteiger partial charge < -0.3 is 10.6 Å². The number of aromatic nitrogens is 6. The van der Waals surface area contributed by atoms with E-state index in [9.17, 15) is 4.79 Å². The Hall–Kier alpha value is -3.23. The van der Waals surface area contributed by atoms with Crippen molar-refractivity contribution in [3.05, 3.63) is 47.3 Å². The first-order valence-electron chi connectivity index (χ1n) is 8.33. The van der Waals surface area contributed by atoms with Crippen LogP contribution in [0.1, 0.15) is 27.6 Å². The van der Waals surface area contributed by atoms with Gasteiger partial charge >= 0.3 is 0 Å². The predicted molar refractivity (Wildman–Crippen MR) is 97.4 cm³/mol. The number of rotatable bonds is 6. The van der Waals surface area contributed by atoms with E-state index in [-0.39, 0.29) is 5.91 Å². The second kappa shape index (κ2) is 7.34. The number of hydrogen-bond donors (Lipinski definition) is 2. The molecular formula is C17H22N8O. The van der Waals surface area contributed by atoms with Crippen molar-refractivity contribution < 1.29 is 4.79 Å². The van der Waals surface area contributed by atoms with E-state index in [1.165, 1.54) is 0 Å². The molecule has 2 N–H and O–H groups in total. The van der Waals surface area contributed by atoms with Crippen LogP contribution in [0.15, 0.2) is 24.5 Å². The summed E-state index contributed by atoms with van der Waals surface area (Å²) in [6.07, 6.45) is 3.52. The lowest BCUT2D eigenvalue weighted by molar-refractivity contribution is 0.0954. The summed E-state index contributed by atoms with van der Waals surface area (Å²) in [5.74, 6) is 1.90. The molecule has 9 nitrogen and oxygen atoms in total. The van der Waals surface area contributed by atoms with Gasteiger partial charge in [-0.05, 0) is 26.8 Å². The number of hydrogen-bond acceptors (Lipinski definition) is 6. The monoisotopic (exact) mass is 354 g/mol. The maximum absolute atomic E-state index is 12.3. The van der Waals surface area contributed by atoms with Crippen LogP contribution in [-0.2, 0) is 7.05 Å². The van der Waals surface area contributed by atoms with E-state index in [0.717, 1.165) is 11.4 Å². The first-order valence-corrected chi connectivity index (χ1v) is 8.33. The molecule has 0 radical (unpaired) electrons. The molecule has 0 saturated carbocycles. The van der Waals surface area contributed by atoms with E-state index in [1.807, 2.05) is 46.1 Å². The minimum atomic E-state index is -0.119. The second-order valence-corrected chi connectivity index (χ2v) is 5.96. The Bertz CT molecular complexity index is 913. The van der Waals surface area contributed by atoms with Crippen molar-refractivity contribution in [1.29, 1.82) is 0 Å². The molecule has 0 spiro atoms. The minimum Gasteiger partial charge on any atom is -0.368 e. The van der Waals surface area contributed by atoms with Crippen molar-refractivity contribution in [2.24, 2.45) is 7.05 Å². The first kappa shape index (κ1) is 17.6. The van der Waals surface area contributed by atoms with Crippen LogP contribution in [-0.4, -0.2) is 48.5 Å². The standard InChI is InChI=1S/C17H22N8O/c1-11-16(12(2)24(4)23-11)17(26)19-8-7-18-14-10-15(22-13(3)21-14)25-9-5-6-20-25/h5-6,9-10H,7-8H2,1-4H3,(H,19,26)(H,18,21,22). The minimum absolute atomic E-state index is 0.119. The number of amides is 1. The Kier molecular flexibility index (Phi) is 4.97. The molecule has 1 amide bonds. The molecule has 0 aliphatic carbocycles. The summed E-state index contributed by atoms with van der Waals surface area (Å²) in [4.78, 5) is 21.1. The Morgan fingerprint density at radius 3 is 2.65 bits per heavy atom. The van der Waals surface area contributed by atoms with Gasteiger partial charge in [0.1, 0.15) is 11.6 Å². The Labute approximate surface area is 151 Å². The maximum Gasteiger partial charge on any atom is 0.255 e. The van der Waals surface area contributed by atoms with Gasteiger partial charge in [-0.25, -0.2) is 14.6 Å². The Morgan fingerprint density at radius 2 is 2.00 bits per heavy atom. The number of aryl methyl sites for hydroxylation is 3. The molecule has 0 unspecified atom stereocenters. The van der Waals surface area contributed by atoms with Gasteiger partial charge in [0.25, 0.3) is 5.91 Å². The molecular weight excluding hydrogens is 332 g/mol. The molecule has 3 aromatic rings. The number of anilines is 1. The summed E-state index contributed by atoms with van der Waals surface area (Å²) >= 11 is 0. The summed E-state index contributed by atoms with van der Waals surface area (Å²) in [6, 6.07) is 3.65. The van der Waals surface area contributed by atoms with Crippen LogP contribution < -0.4 is 10.6 Å². The van der Waals surface area contributed by atoms with Crippen LogP contribution in [0.5, 0.6) is 0 Å². The van der Waals surface area contributed by atoms with Gasteiger partial charge in [0.15, 0.2) is 5.82 Å². The highest BCUT2D eigenvalue weighted by atomic mass is 16.1. The Morgan fingerprint density at radius 1 is 1.19 bits per heavy atom. The largest absolute Gasteiger partial charge is 0.368 e. The van der Waals surface area contributed by atoms with Crippen LogP contribution in [0.4, 0.5) is 5.82 Å². The SMILES string of the molecule is Cc1nc(NCCNC(=O)c2c(C)nn(C)c2C)cc(-n2cccn2)n1. The molecule has 136 valence electrons. The molecule has 3 aromatic heterocycles. The van der Waals surface area contributed by atoms with Gasteiger partial charge in [-0.2, -0.15) is 10.2 Å². The van der Waals surface area contributed by atoms with Crippen LogP contribution in [0.3, 0.4) is 0 Å². The number of carbonyl (C=O) groups excluding carboxylic acids is 1. The molecule has 0 atom stereocenters. The van der Waals surface area contributed by atoms with Crippen LogP contribution >= 0.6 is 0 Å². The molecule has 0 aliphatic rings. The summed E-state index contributed by atoms with van der Waals surface area (Å²) in [6.45, 7) is 6.55. The van der Waals surface area contributed by atoms with Gasteiger partial charge in [0, 0.05) is 44.3 Å². The van der Waals surface area contributed by atoms with Crippen molar-refractivity contribution >= 4 is 11.7 Å². The Balaban J connectivity index is 1.58. The summed E-state index contributed by atoms with van der Waals surface area (Å²) < 4.78 is 3.39. The zero-order chi connectivity index (χ0) is 18.7. The number of nitrogens with zero attached hydrogens (tertiary/aromatic N) is 6. The van der Waals surface area contributed by atoms with Gasteiger partial charge in [-0.3, -0.25) is 9.48 Å². The van der Waals surface area contributed by atoms with E-state index >= 15 is 0 Å². The first-order chi connectivity index (χ1) is 12.5. The topological polar surface area (TPSA) is 103 Å². The van der Waals surface area contributed by atoms with Crippen molar-refractivity contribution in [2.75, 3.05) is 18.4 Å². The highest BCUT2D eigenvalue weighted by Gasteiger charge is 2.16. The lowest BCUT2D eigenvalue weighted by Crippen LogP contribution is -2.29. The van der Waals surface area contributed by atoms with E-state index in [0.29, 0.717) is 36.1 Å². The van der Waals surface area contributed by atoms with E-state index in [4.69, 9.17) is 0 Å². The van der Waals surface area contributed by atoms with Crippen LogP contribution in [0, 0.1) is 20.8 Å². The van der Waals surface area contributed by atoms with Crippen molar-refractivity contribution in [2.45, 2.75) is 20.8 Å². The fourth-order valence-corrected chi connectivity index (χ4v) is 2.72. The van der Waals surface area contributed by atoms with Gasteiger partial charge in [-0.1, -0.05) is 0 Å². The normalized spacial score (nSPS) is 10.8. The third kappa shape index (κ3) is 3.71. The summed E-state index contributed by atoms with van der Waals surface area (Å²) in [7, 11) is 1.83. The van der Waals surface area contributed by atoms with E-state index < -0.39 is 0 Å². The summed E-state index contributed by atoms with van der Waals surface area (Å²) in [5.41, 5.74) is 2.21. The summed E-state index contributed by atoms with van der Waals surface area (Å²) in [5, 5.41) is 14.5. The van der Waals surface area contributed by atoms with Gasteiger partial charge in [-0.15, -0.1) is 0 Å². The smallest absolute Gasteiger partial charge is 0.255 e. The average Bonchev–Trinajstić information content (AvgIpc) is 3.20. The molecule has 3 rings (SSSR count). The number of nitrogens with one attached hydrogen (secondary N) is 2. The van der Waals surface area contributed by atoms with Crippen molar-refractivity contribution in [3.63, 3.8) is 0 Å². The lowest BCUT2D eigenvalue weighted by Gasteiger charge is -2.10. The highest BCUT2D eigenvalue weighted by Crippen LogP contribution is 2.12. The molecule has 0 aliphatic heterocycles. The van der Waals surface area contributed by atoms with Crippen LogP contribution in [0.2, 0.25) is 0 Å². The number of carbonyl (C=O) groups is 1. The third-order valence-electron chi connectivity index (χ3n) is 4.02. The van der Waals surface area contributed by atoms with Gasteiger partial charge in [0.05, 0.1) is 11.3 Å². The molecule has 0 aromatic carbocycles. The second-order valence-electron chi connectivity index (χ2n) is 5.96. The predicted octanol–water partition coefficient (Wildman–Crippen LogP) is 1.16. The fraction of sp³-hybridized carbons (Fsp3) is 0.353. The van der Waals surface area contributed by atoms with Crippen molar-refractivity contribution in [1.82, 2.24) is 34.8 Å². The zero-order valence-corrected chi connectivity index (χ0v) is 15.3. The molecule has 0 saturated heterocycles. The molecule has 26 heavy (non-hydrogen) atoms. The van der Waals surface area contributed by atoms with E-state index in [1.54, 1.807) is 15.6 Å².